The number of fused-ring (bicyclic) bond motifs is 2. The number of hydrogen-bond donors (Lipinski definition) is 1. The molecule has 0 saturated heterocycles. The molecule has 5 rings (SSSR count). The van der Waals surface area contributed by atoms with Crippen LogP contribution in [0.25, 0.3) is 39.2 Å². The molecule has 0 fully saturated rings. The number of rotatable bonds is 5. The second kappa shape index (κ2) is 8.56. The summed E-state index contributed by atoms with van der Waals surface area (Å²) in [4.78, 5) is 26.0. The summed E-state index contributed by atoms with van der Waals surface area (Å²) in [6, 6.07) is 17.3. The van der Waals surface area contributed by atoms with Crippen LogP contribution in [0.3, 0.4) is 0 Å². The van der Waals surface area contributed by atoms with Crippen LogP contribution in [0.1, 0.15) is 38.1 Å². The van der Waals surface area contributed by atoms with Crippen LogP contribution in [0.5, 0.6) is 0 Å². The Kier molecular flexibility index (Phi) is 5.53. The van der Waals surface area contributed by atoms with Crippen molar-refractivity contribution in [2.24, 2.45) is 0 Å². The number of aromatic nitrogens is 5. The fourth-order valence-electron chi connectivity index (χ4n) is 4.17. The van der Waals surface area contributed by atoms with E-state index in [9.17, 15) is 9.90 Å². The van der Waals surface area contributed by atoms with E-state index in [0.717, 1.165) is 22.3 Å². The standard InChI is InChI=1S/C27H25N5O3/c1-16-23(25(26(33)34)35-27(2,3)4)24(18-10-11-19-21(14-18)29-13-12-28-19)32-22(30-16)15-20(31-32)17-8-6-5-7-9-17/h5-15,25H,1-4H3,(H,33,34). The topological polar surface area (TPSA) is 103 Å². The van der Waals surface area contributed by atoms with E-state index in [1.807, 2.05) is 75.4 Å². The Morgan fingerprint density at radius 2 is 1.69 bits per heavy atom. The lowest BCUT2D eigenvalue weighted by molar-refractivity contribution is -0.160. The molecule has 0 aliphatic heterocycles. The van der Waals surface area contributed by atoms with Crippen molar-refractivity contribution in [3.05, 3.63) is 78.2 Å². The van der Waals surface area contributed by atoms with Crippen molar-refractivity contribution in [3.63, 3.8) is 0 Å². The molecule has 5 aromatic rings. The second-order valence-corrected chi connectivity index (χ2v) is 9.33. The fraction of sp³-hybridized carbons (Fsp3) is 0.222. The molecule has 3 heterocycles. The molecule has 0 aliphatic carbocycles. The van der Waals surface area contributed by atoms with Gasteiger partial charge < -0.3 is 9.84 Å². The molecule has 0 amide bonds. The monoisotopic (exact) mass is 467 g/mol. The molecule has 0 bridgehead atoms. The highest BCUT2D eigenvalue weighted by atomic mass is 16.5. The van der Waals surface area contributed by atoms with Crippen LogP contribution in [0.4, 0.5) is 0 Å². The zero-order valence-electron chi connectivity index (χ0n) is 19.9. The van der Waals surface area contributed by atoms with Crippen molar-refractivity contribution in [3.8, 4) is 22.5 Å². The van der Waals surface area contributed by atoms with Crippen molar-refractivity contribution in [2.45, 2.75) is 39.4 Å². The van der Waals surface area contributed by atoms with Gasteiger partial charge in [-0.2, -0.15) is 5.10 Å². The molecule has 176 valence electrons. The van der Waals surface area contributed by atoms with Crippen molar-refractivity contribution in [1.29, 1.82) is 0 Å². The van der Waals surface area contributed by atoms with E-state index in [4.69, 9.17) is 14.8 Å². The first kappa shape index (κ1) is 22.6. The number of nitrogens with zero attached hydrogens (tertiary/aromatic N) is 5. The minimum atomic E-state index is -1.25. The lowest BCUT2D eigenvalue weighted by atomic mass is 9.98. The molecular formula is C27H25N5O3. The number of benzene rings is 2. The number of carboxylic acid groups (broad SMARTS) is 1. The first-order valence-corrected chi connectivity index (χ1v) is 11.3. The molecular weight excluding hydrogens is 442 g/mol. The van der Waals surface area contributed by atoms with E-state index in [-0.39, 0.29) is 0 Å². The van der Waals surface area contributed by atoms with Crippen LogP contribution in [0.15, 0.2) is 67.0 Å². The number of hydrogen-bond acceptors (Lipinski definition) is 6. The number of aliphatic carboxylic acids is 1. The SMILES string of the molecule is Cc1nc2cc(-c3ccccc3)nn2c(-c2ccc3nccnc3c2)c1C(OC(C)(C)C)C(=O)O. The van der Waals surface area contributed by atoms with E-state index in [0.29, 0.717) is 28.1 Å². The normalized spacial score (nSPS) is 12.8. The predicted molar refractivity (Wildman–Crippen MR) is 133 cm³/mol. The van der Waals surface area contributed by atoms with Gasteiger partial charge in [-0.15, -0.1) is 0 Å². The van der Waals surface area contributed by atoms with Crippen molar-refractivity contribution in [2.75, 3.05) is 0 Å². The summed E-state index contributed by atoms with van der Waals surface area (Å²) in [5.74, 6) is -1.10. The van der Waals surface area contributed by atoms with Crippen LogP contribution in [0.2, 0.25) is 0 Å². The smallest absolute Gasteiger partial charge is 0.337 e. The van der Waals surface area contributed by atoms with Gasteiger partial charge in [0.25, 0.3) is 0 Å². The molecule has 0 spiro atoms. The highest BCUT2D eigenvalue weighted by Gasteiger charge is 2.33. The van der Waals surface area contributed by atoms with Crippen LogP contribution in [0, 0.1) is 6.92 Å². The van der Waals surface area contributed by atoms with E-state index < -0.39 is 17.7 Å². The van der Waals surface area contributed by atoms with E-state index in [1.54, 1.807) is 23.8 Å². The summed E-state index contributed by atoms with van der Waals surface area (Å²) in [6.07, 6.45) is 2.02. The molecule has 1 atom stereocenters. The molecule has 3 aromatic heterocycles. The average molecular weight is 468 g/mol. The lowest BCUT2D eigenvalue weighted by Crippen LogP contribution is -2.29. The molecule has 8 heteroatoms. The summed E-state index contributed by atoms with van der Waals surface area (Å²) in [6.45, 7) is 7.29. The molecule has 0 radical (unpaired) electrons. The van der Waals surface area contributed by atoms with Gasteiger partial charge in [0.1, 0.15) is 0 Å². The van der Waals surface area contributed by atoms with Gasteiger partial charge in [0.2, 0.25) is 0 Å². The number of ether oxygens (including phenoxy) is 1. The Labute approximate surface area is 202 Å². The van der Waals surface area contributed by atoms with Gasteiger partial charge >= 0.3 is 5.97 Å². The molecule has 35 heavy (non-hydrogen) atoms. The molecule has 0 aliphatic rings. The first-order valence-electron chi connectivity index (χ1n) is 11.3. The largest absolute Gasteiger partial charge is 0.479 e. The zero-order chi connectivity index (χ0) is 24.7. The maximum absolute atomic E-state index is 12.5. The molecule has 2 aromatic carbocycles. The summed E-state index contributed by atoms with van der Waals surface area (Å²) in [5, 5.41) is 15.1. The second-order valence-electron chi connectivity index (χ2n) is 9.33. The van der Waals surface area contributed by atoms with E-state index in [1.165, 1.54) is 0 Å². The van der Waals surface area contributed by atoms with Gasteiger partial charge in [-0.3, -0.25) is 9.97 Å². The van der Waals surface area contributed by atoms with Gasteiger partial charge in [0.05, 0.1) is 28.0 Å². The minimum absolute atomic E-state index is 0.450. The highest BCUT2D eigenvalue weighted by molar-refractivity contribution is 5.85. The highest BCUT2D eigenvalue weighted by Crippen LogP contribution is 2.36. The third-order valence-corrected chi connectivity index (χ3v) is 5.60. The van der Waals surface area contributed by atoms with Crippen molar-refractivity contribution < 1.29 is 14.6 Å². The Balaban J connectivity index is 1.84. The average Bonchev–Trinajstić information content (AvgIpc) is 3.25. The Hall–Kier alpha value is -4.17. The predicted octanol–water partition coefficient (Wildman–Crippen LogP) is 5.26. The summed E-state index contributed by atoms with van der Waals surface area (Å²) in [5.41, 5.74) is 5.37. The molecule has 0 saturated carbocycles. The number of carbonyl (C=O) groups is 1. The summed E-state index contributed by atoms with van der Waals surface area (Å²) in [7, 11) is 0. The zero-order valence-corrected chi connectivity index (χ0v) is 19.9. The minimum Gasteiger partial charge on any atom is -0.479 e. The molecule has 8 nitrogen and oxygen atoms in total. The lowest BCUT2D eigenvalue weighted by Gasteiger charge is -2.27. The van der Waals surface area contributed by atoms with Crippen LogP contribution < -0.4 is 0 Å². The van der Waals surface area contributed by atoms with Crippen LogP contribution >= 0.6 is 0 Å². The molecule has 1 N–H and O–H groups in total. The Bertz CT molecular complexity index is 1550. The maximum atomic E-state index is 12.5. The third-order valence-electron chi connectivity index (χ3n) is 5.60. The van der Waals surface area contributed by atoms with Gasteiger partial charge in [-0.1, -0.05) is 36.4 Å². The number of aryl methyl sites for hydroxylation is 1. The van der Waals surface area contributed by atoms with Crippen LogP contribution in [-0.2, 0) is 9.53 Å². The van der Waals surface area contributed by atoms with Gasteiger partial charge in [-0.25, -0.2) is 14.3 Å². The van der Waals surface area contributed by atoms with Crippen LogP contribution in [-0.4, -0.2) is 41.2 Å². The number of carboxylic acids is 1. The van der Waals surface area contributed by atoms with Gasteiger partial charge in [-0.05, 0) is 39.8 Å². The van der Waals surface area contributed by atoms with E-state index in [2.05, 4.69) is 9.97 Å². The first-order chi connectivity index (χ1) is 16.7. The van der Waals surface area contributed by atoms with E-state index >= 15 is 0 Å². The van der Waals surface area contributed by atoms with Crippen molar-refractivity contribution >= 4 is 22.6 Å². The maximum Gasteiger partial charge on any atom is 0.337 e. The fourth-order valence-corrected chi connectivity index (χ4v) is 4.17. The Morgan fingerprint density at radius 1 is 0.971 bits per heavy atom. The van der Waals surface area contributed by atoms with Crippen molar-refractivity contribution in [1.82, 2.24) is 24.6 Å². The Morgan fingerprint density at radius 3 is 2.37 bits per heavy atom. The van der Waals surface area contributed by atoms with Gasteiger partial charge in [0, 0.05) is 40.8 Å². The summed E-state index contributed by atoms with van der Waals surface area (Å²) < 4.78 is 7.75. The molecule has 1 unspecified atom stereocenters. The third kappa shape index (κ3) is 4.36. The summed E-state index contributed by atoms with van der Waals surface area (Å²) >= 11 is 0. The van der Waals surface area contributed by atoms with Gasteiger partial charge in [0.15, 0.2) is 11.8 Å². The quantitative estimate of drug-likeness (QED) is 0.376.